The van der Waals surface area contributed by atoms with Gasteiger partial charge in [-0.05, 0) is 37.6 Å². The molecule has 0 saturated heterocycles. The van der Waals surface area contributed by atoms with E-state index < -0.39 is 5.91 Å². The first-order valence-electron chi connectivity index (χ1n) is 6.83. The highest BCUT2D eigenvalue weighted by Gasteiger charge is 2.07. The maximum absolute atomic E-state index is 11.7. The minimum atomic E-state index is -0.392. The molecule has 21 heavy (non-hydrogen) atoms. The molecule has 1 heterocycles. The van der Waals surface area contributed by atoms with Crippen molar-refractivity contribution in [3.8, 4) is 5.75 Å². The molecule has 0 spiro atoms. The molecule has 1 aromatic carbocycles. The minimum absolute atomic E-state index is 0.122. The van der Waals surface area contributed by atoms with Crippen LogP contribution in [0, 0.1) is 0 Å². The number of furan rings is 1. The molecule has 110 valence electrons. The van der Waals surface area contributed by atoms with Crippen LogP contribution in [0.3, 0.4) is 0 Å². The van der Waals surface area contributed by atoms with Gasteiger partial charge < -0.3 is 9.15 Å². The Morgan fingerprint density at radius 1 is 1.38 bits per heavy atom. The number of amides is 1. The Labute approximate surface area is 123 Å². The lowest BCUT2D eigenvalue weighted by Gasteiger charge is -2.14. The number of ether oxygens (including phenoxy) is 1. The summed E-state index contributed by atoms with van der Waals surface area (Å²) in [4.78, 5) is 11.7. The Morgan fingerprint density at radius 2 is 2.19 bits per heavy atom. The summed E-state index contributed by atoms with van der Waals surface area (Å²) in [7, 11) is 0. The summed E-state index contributed by atoms with van der Waals surface area (Å²) in [5, 5.41) is 3.93. The molecular formula is C16H18N2O3. The summed E-state index contributed by atoms with van der Waals surface area (Å²) >= 11 is 0. The fraction of sp³-hybridized carbons (Fsp3) is 0.250. The summed E-state index contributed by atoms with van der Waals surface area (Å²) in [5.74, 6) is 0.565. The van der Waals surface area contributed by atoms with Crippen LogP contribution in [0.4, 0.5) is 0 Å². The molecule has 0 fully saturated rings. The topological polar surface area (TPSA) is 63.8 Å². The van der Waals surface area contributed by atoms with E-state index in [1.807, 2.05) is 31.2 Å². The van der Waals surface area contributed by atoms with E-state index in [0.29, 0.717) is 0 Å². The first kappa shape index (κ1) is 14.8. The molecule has 0 aliphatic heterocycles. The summed E-state index contributed by atoms with van der Waals surface area (Å²) in [6.45, 7) is 4.07. The first-order valence-corrected chi connectivity index (χ1v) is 6.83. The second kappa shape index (κ2) is 7.28. The number of hydrogen-bond acceptors (Lipinski definition) is 4. The number of nitrogens with zero attached hydrogens (tertiary/aromatic N) is 1. The van der Waals surface area contributed by atoms with Gasteiger partial charge in [0.05, 0.1) is 18.6 Å². The molecule has 2 aromatic rings. The van der Waals surface area contributed by atoms with Crippen molar-refractivity contribution in [3.05, 3.63) is 54.0 Å². The number of nitrogens with one attached hydrogen (secondary N) is 1. The Morgan fingerprint density at radius 3 is 2.90 bits per heavy atom. The number of hydrazone groups is 1. The van der Waals surface area contributed by atoms with Crippen molar-refractivity contribution in [1.82, 2.24) is 5.43 Å². The second-order valence-corrected chi connectivity index (χ2v) is 4.55. The molecule has 2 rings (SSSR count). The van der Waals surface area contributed by atoms with E-state index >= 15 is 0 Å². The zero-order chi connectivity index (χ0) is 15.1. The van der Waals surface area contributed by atoms with E-state index in [4.69, 9.17) is 9.15 Å². The predicted octanol–water partition coefficient (Wildman–Crippen LogP) is 3.22. The van der Waals surface area contributed by atoms with Crippen LogP contribution in [0.2, 0.25) is 0 Å². The number of benzene rings is 1. The van der Waals surface area contributed by atoms with Crippen molar-refractivity contribution in [1.29, 1.82) is 0 Å². The summed E-state index contributed by atoms with van der Waals surface area (Å²) in [6.07, 6.45) is 4.03. The van der Waals surface area contributed by atoms with Crippen molar-refractivity contribution >= 4 is 12.1 Å². The number of rotatable bonds is 6. The van der Waals surface area contributed by atoms with Crippen molar-refractivity contribution in [2.45, 2.75) is 26.4 Å². The number of carbonyl (C=O) groups is 1. The Bertz CT molecular complexity index is 606. The van der Waals surface area contributed by atoms with Crippen molar-refractivity contribution < 1.29 is 13.9 Å². The molecule has 0 aliphatic carbocycles. The largest absolute Gasteiger partial charge is 0.490 e. The first-order chi connectivity index (χ1) is 10.2. The van der Waals surface area contributed by atoms with Crippen molar-refractivity contribution in [2.75, 3.05) is 0 Å². The fourth-order valence-corrected chi connectivity index (χ4v) is 1.62. The van der Waals surface area contributed by atoms with Gasteiger partial charge in [-0.15, -0.1) is 0 Å². The maximum atomic E-state index is 11.7. The molecule has 1 N–H and O–H groups in total. The molecule has 0 aliphatic rings. The predicted molar refractivity (Wildman–Crippen MR) is 80.6 cm³/mol. The monoisotopic (exact) mass is 286 g/mol. The van der Waals surface area contributed by atoms with E-state index in [-0.39, 0.29) is 11.9 Å². The maximum Gasteiger partial charge on any atom is 0.307 e. The lowest BCUT2D eigenvalue weighted by molar-refractivity contribution is 0.0927. The molecule has 5 heteroatoms. The average molecular weight is 286 g/mol. The fourth-order valence-electron chi connectivity index (χ4n) is 1.62. The van der Waals surface area contributed by atoms with E-state index in [1.165, 1.54) is 6.26 Å². The van der Waals surface area contributed by atoms with Crippen LogP contribution in [0.15, 0.2) is 52.2 Å². The minimum Gasteiger partial charge on any atom is -0.490 e. The van der Waals surface area contributed by atoms with Crippen molar-refractivity contribution in [3.63, 3.8) is 0 Å². The Hall–Kier alpha value is -2.56. The van der Waals surface area contributed by atoms with Gasteiger partial charge in [0.1, 0.15) is 5.75 Å². The third-order valence-electron chi connectivity index (χ3n) is 2.94. The summed E-state index contributed by atoms with van der Waals surface area (Å²) in [5.41, 5.74) is 3.21. The molecule has 0 radical (unpaired) electrons. The standard InChI is InChI=1S/C16H18N2O3/c1-3-12(2)21-14-8-5-4-7-13(14)11-17-18-16(19)15-9-6-10-20-15/h4-12H,3H2,1-2H3,(H,18,19)/b17-11+/t12-/m0/s1. The average Bonchev–Trinajstić information content (AvgIpc) is 3.03. The van der Waals surface area contributed by atoms with Crippen LogP contribution >= 0.6 is 0 Å². The smallest absolute Gasteiger partial charge is 0.307 e. The van der Waals surface area contributed by atoms with Gasteiger partial charge in [-0.2, -0.15) is 5.10 Å². The molecule has 1 aromatic heterocycles. The van der Waals surface area contributed by atoms with E-state index in [9.17, 15) is 4.79 Å². The van der Waals surface area contributed by atoms with Crippen LogP contribution in [-0.2, 0) is 0 Å². The number of hydrogen-bond donors (Lipinski definition) is 1. The molecule has 1 amide bonds. The third kappa shape index (κ3) is 4.21. The molecule has 0 unspecified atom stereocenters. The van der Waals surface area contributed by atoms with Gasteiger partial charge in [0, 0.05) is 5.56 Å². The SMILES string of the molecule is CC[C@H](C)Oc1ccccc1/C=N/NC(=O)c1ccco1. The highest BCUT2D eigenvalue weighted by molar-refractivity contribution is 5.92. The zero-order valence-electron chi connectivity index (χ0n) is 12.1. The van der Waals surface area contributed by atoms with Gasteiger partial charge in [-0.1, -0.05) is 19.1 Å². The van der Waals surface area contributed by atoms with Gasteiger partial charge in [-0.25, -0.2) is 5.43 Å². The summed E-state index contributed by atoms with van der Waals surface area (Å²) in [6, 6.07) is 10.8. The van der Waals surface area contributed by atoms with Gasteiger partial charge in [-0.3, -0.25) is 4.79 Å². The second-order valence-electron chi connectivity index (χ2n) is 4.55. The zero-order valence-corrected chi connectivity index (χ0v) is 12.1. The Balaban J connectivity index is 2.02. The third-order valence-corrected chi connectivity index (χ3v) is 2.94. The highest BCUT2D eigenvalue weighted by Crippen LogP contribution is 2.18. The molecule has 5 nitrogen and oxygen atoms in total. The van der Waals surface area contributed by atoms with Crippen LogP contribution < -0.4 is 10.2 Å². The molecule has 0 saturated carbocycles. The molecule has 0 bridgehead atoms. The van der Waals surface area contributed by atoms with Gasteiger partial charge in [0.2, 0.25) is 0 Å². The molecule has 1 atom stereocenters. The quantitative estimate of drug-likeness (QED) is 0.655. The van der Waals surface area contributed by atoms with E-state index in [1.54, 1.807) is 18.3 Å². The lowest BCUT2D eigenvalue weighted by Crippen LogP contribution is -2.17. The number of para-hydroxylation sites is 1. The van der Waals surface area contributed by atoms with E-state index in [2.05, 4.69) is 17.5 Å². The van der Waals surface area contributed by atoms with Crippen LogP contribution in [-0.4, -0.2) is 18.2 Å². The van der Waals surface area contributed by atoms with E-state index in [0.717, 1.165) is 17.7 Å². The van der Waals surface area contributed by atoms with Crippen molar-refractivity contribution in [2.24, 2.45) is 5.10 Å². The molecular weight excluding hydrogens is 268 g/mol. The van der Waals surface area contributed by atoms with Gasteiger partial charge >= 0.3 is 5.91 Å². The van der Waals surface area contributed by atoms with Crippen LogP contribution in [0.5, 0.6) is 5.75 Å². The van der Waals surface area contributed by atoms with Gasteiger partial charge in [0.25, 0.3) is 0 Å². The van der Waals surface area contributed by atoms with Crippen LogP contribution in [0.1, 0.15) is 36.4 Å². The van der Waals surface area contributed by atoms with Crippen LogP contribution in [0.25, 0.3) is 0 Å². The Kier molecular flexibility index (Phi) is 5.15. The lowest BCUT2D eigenvalue weighted by atomic mass is 10.2. The van der Waals surface area contributed by atoms with Gasteiger partial charge in [0.15, 0.2) is 5.76 Å². The number of carbonyl (C=O) groups excluding carboxylic acids is 1. The summed E-state index contributed by atoms with van der Waals surface area (Å²) < 4.78 is 10.8. The highest BCUT2D eigenvalue weighted by atomic mass is 16.5. The normalized spacial score (nSPS) is 12.3.